The van der Waals surface area contributed by atoms with Crippen molar-refractivity contribution in [1.82, 2.24) is 10.6 Å². The average Bonchev–Trinajstić information content (AvgIpc) is 2.78. The molecule has 1 amide bonds. The summed E-state index contributed by atoms with van der Waals surface area (Å²) in [6.45, 7) is 7.84. The molecule has 2 N–H and O–H groups in total. The first-order valence-corrected chi connectivity index (χ1v) is 6.45. The van der Waals surface area contributed by atoms with Gasteiger partial charge < -0.3 is 10.6 Å². The molecule has 4 nitrogen and oxygen atoms in total. The summed E-state index contributed by atoms with van der Waals surface area (Å²) in [4.78, 5) is 12.4. The van der Waals surface area contributed by atoms with Gasteiger partial charge in [-0.25, -0.2) is 0 Å². The Balaban J connectivity index is 2.70. The van der Waals surface area contributed by atoms with Crippen LogP contribution < -0.4 is 10.6 Å². The van der Waals surface area contributed by atoms with Crippen LogP contribution in [0, 0.1) is 22.7 Å². The van der Waals surface area contributed by atoms with Crippen LogP contribution in [0.3, 0.4) is 0 Å². The molecule has 1 rings (SSSR count). The fourth-order valence-electron chi connectivity index (χ4n) is 2.40. The molecular weight excluding hydrogens is 214 g/mol. The fraction of sp³-hybridized carbons (Fsp3) is 0.846. The first-order chi connectivity index (χ1) is 8.06. The van der Waals surface area contributed by atoms with Crippen LogP contribution in [0.25, 0.3) is 0 Å². The van der Waals surface area contributed by atoms with Gasteiger partial charge in [0.15, 0.2) is 0 Å². The summed E-state index contributed by atoms with van der Waals surface area (Å²) in [7, 11) is 0. The van der Waals surface area contributed by atoms with E-state index in [1.54, 1.807) is 0 Å². The Kier molecular flexibility index (Phi) is 4.95. The van der Waals surface area contributed by atoms with Crippen LogP contribution in [0.5, 0.6) is 0 Å². The number of amides is 1. The highest BCUT2D eigenvalue weighted by molar-refractivity contribution is 5.83. The lowest BCUT2D eigenvalue weighted by molar-refractivity contribution is -0.133. The minimum absolute atomic E-state index is 0.0104. The maximum atomic E-state index is 12.4. The molecule has 17 heavy (non-hydrogen) atoms. The largest absolute Gasteiger partial charge is 0.352 e. The first-order valence-electron chi connectivity index (χ1n) is 6.45. The lowest BCUT2D eigenvalue weighted by Gasteiger charge is -2.32. The van der Waals surface area contributed by atoms with E-state index >= 15 is 0 Å². The highest BCUT2D eigenvalue weighted by Gasteiger charge is 2.44. The predicted octanol–water partition coefficient (Wildman–Crippen LogP) is 1.43. The zero-order chi connectivity index (χ0) is 12.9. The van der Waals surface area contributed by atoms with Gasteiger partial charge in [0.25, 0.3) is 0 Å². The topological polar surface area (TPSA) is 64.9 Å². The van der Waals surface area contributed by atoms with E-state index in [1.165, 1.54) is 0 Å². The van der Waals surface area contributed by atoms with E-state index in [1.807, 2.05) is 6.92 Å². The minimum atomic E-state index is -0.289. The van der Waals surface area contributed by atoms with E-state index < -0.39 is 0 Å². The van der Waals surface area contributed by atoms with E-state index in [0.29, 0.717) is 12.3 Å². The summed E-state index contributed by atoms with van der Waals surface area (Å²) in [6, 6.07) is 2.12. The first kappa shape index (κ1) is 14.0. The molecule has 0 aromatic heterocycles. The molecule has 0 saturated carbocycles. The second-order valence-electron chi connectivity index (χ2n) is 5.18. The maximum Gasteiger partial charge on any atom is 0.228 e. The third-order valence-corrected chi connectivity index (χ3v) is 3.91. The SMILES string of the molecule is CCC(CC#N)NC(=O)C1(C(C)C)CCNC1. The Morgan fingerprint density at radius 2 is 2.29 bits per heavy atom. The normalized spacial score (nSPS) is 25.6. The number of carbonyl (C=O) groups is 1. The van der Waals surface area contributed by atoms with E-state index in [-0.39, 0.29) is 17.4 Å². The lowest BCUT2D eigenvalue weighted by Crippen LogP contribution is -2.49. The van der Waals surface area contributed by atoms with E-state index in [0.717, 1.165) is 25.9 Å². The van der Waals surface area contributed by atoms with Gasteiger partial charge in [-0.2, -0.15) is 5.26 Å². The Bertz CT molecular complexity index is 300. The van der Waals surface area contributed by atoms with Crippen LogP contribution in [0.15, 0.2) is 0 Å². The predicted molar refractivity (Wildman–Crippen MR) is 67.2 cm³/mol. The maximum absolute atomic E-state index is 12.4. The number of rotatable bonds is 5. The highest BCUT2D eigenvalue weighted by Crippen LogP contribution is 2.34. The summed E-state index contributed by atoms with van der Waals surface area (Å²) in [6.07, 6.45) is 2.09. The number of hydrogen-bond acceptors (Lipinski definition) is 3. The van der Waals surface area contributed by atoms with E-state index in [2.05, 4.69) is 30.6 Å². The third kappa shape index (κ3) is 2.98. The fourth-order valence-corrected chi connectivity index (χ4v) is 2.40. The molecule has 1 aliphatic rings. The second kappa shape index (κ2) is 6.02. The van der Waals surface area contributed by atoms with Gasteiger partial charge in [0.2, 0.25) is 5.91 Å². The molecule has 0 aromatic rings. The van der Waals surface area contributed by atoms with Gasteiger partial charge in [0.05, 0.1) is 17.9 Å². The molecule has 1 saturated heterocycles. The summed E-state index contributed by atoms with van der Waals surface area (Å²) in [5, 5.41) is 15.0. The quantitative estimate of drug-likeness (QED) is 0.760. The van der Waals surface area contributed by atoms with Gasteiger partial charge in [0.1, 0.15) is 0 Å². The van der Waals surface area contributed by atoms with Crippen LogP contribution in [0.1, 0.15) is 40.0 Å². The van der Waals surface area contributed by atoms with Gasteiger partial charge in [-0.1, -0.05) is 20.8 Å². The van der Waals surface area contributed by atoms with Gasteiger partial charge in [-0.05, 0) is 25.3 Å². The molecule has 0 aliphatic carbocycles. The number of nitriles is 1. The summed E-state index contributed by atoms with van der Waals surface area (Å²) in [5.41, 5.74) is -0.289. The Hall–Kier alpha value is -1.08. The standard InChI is InChI=1S/C13H23N3O/c1-4-11(5-7-14)16-12(17)13(10(2)3)6-8-15-9-13/h10-11,15H,4-6,8-9H2,1-3H3,(H,16,17). The average molecular weight is 237 g/mol. The van der Waals surface area contributed by atoms with Crippen molar-refractivity contribution in [3.63, 3.8) is 0 Å². The monoisotopic (exact) mass is 237 g/mol. The zero-order valence-corrected chi connectivity index (χ0v) is 11.0. The van der Waals surface area contributed by atoms with Crippen LogP contribution in [0.2, 0.25) is 0 Å². The number of hydrogen-bond donors (Lipinski definition) is 2. The molecule has 2 unspecified atom stereocenters. The molecule has 0 radical (unpaired) electrons. The molecule has 96 valence electrons. The zero-order valence-electron chi connectivity index (χ0n) is 11.0. The van der Waals surface area contributed by atoms with Gasteiger partial charge in [-0.15, -0.1) is 0 Å². The van der Waals surface area contributed by atoms with E-state index in [9.17, 15) is 4.79 Å². The highest BCUT2D eigenvalue weighted by atomic mass is 16.2. The van der Waals surface area contributed by atoms with Crippen molar-refractivity contribution >= 4 is 5.91 Å². The number of nitrogens with zero attached hydrogens (tertiary/aromatic N) is 1. The molecule has 4 heteroatoms. The molecule has 1 aliphatic heterocycles. The molecule has 0 aromatic carbocycles. The van der Waals surface area contributed by atoms with Crippen LogP contribution in [-0.4, -0.2) is 25.0 Å². The van der Waals surface area contributed by atoms with Crippen molar-refractivity contribution in [2.45, 2.75) is 46.1 Å². The minimum Gasteiger partial charge on any atom is -0.352 e. The van der Waals surface area contributed by atoms with Crippen molar-refractivity contribution in [3.05, 3.63) is 0 Å². The smallest absolute Gasteiger partial charge is 0.228 e. The Labute approximate surface area is 104 Å². The van der Waals surface area contributed by atoms with Crippen LogP contribution in [-0.2, 0) is 4.79 Å². The molecule has 1 heterocycles. The van der Waals surface area contributed by atoms with E-state index in [4.69, 9.17) is 5.26 Å². The molecule has 0 bridgehead atoms. The molecule has 0 spiro atoms. The summed E-state index contributed by atoms with van der Waals surface area (Å²) in [5.74, 6) is 0.427. The van der Waals surface area contributed by atoms with Gasteiger partial charge in [0, 0.05) is 12.6 Å². The molecule has 2 atom stereocenters. The van der Waals surface area contributed by atoms with Gasteiger partial charge >= 0.3 is 0 Å². The second-order valence-corrected chi connectivity index (χ2v) is 5.18. The third-order valence-electron chi connectivity index (χ3n) is 3.91. The van der Waals surface area contributed by atoms with Crippen molar-refractivity contribution < 1.29 is 4.79 Å². The number of nitrogens with one attached hydrogen (secondary N) is 2. The van der Waals surface area contributed by atoms with Crippen LogP contribution >= 0.6 is 0 Å². The van der Waals surface area contributed by atoms with Crippen molar-refractivity contribution in [3.8, 4) is 6.07 Å². The van der Waals surface area contributed by atoms with Crippen LogP contribution in [0.4, 0.5) is 0 Å². The van der Waals surface area contributed by atoms with Crippen molar-refractivity contribution in [1.29, 1.82) is 5.26 Å². The van der Waals surface area contributed by atoms with Crippen molar-refractivity contribution in [2.24, 2.45) is 11.3 Å². The lowest BCUT2D eigenvalue weighted by atomic mass is 9.75. The summed E-state index contributed by atoms with van der Waals surface area (Å²) < 4.78 is 0. The molecular formula is C13H23N3O. The number of carbonyl (C=O) groups excluding carboxylic acids is 1. The van der Waals surface area contributed by atoms with Crippen molar-refractivity contribution in [2.75, 3.05) is 13.1 Å². The molecule has 1 fully saturated rings. The van der Waals surface area contributed by atoms with Gasteiger partial charge in [-0.3, -0.25) is 4.79 Å². The Morgan fingerprint density at radius 3 is 2.71 bits per heavy atom. The summed E-state index contributed by atoms with van der Waals surface area (Å²) >= 11 is 0. The Morgan fingerprint density at radius 1 is 1.59 bits per heavy atom.